The number of furan rings is 1. The van der Waals surface area contributed by atoms with Crippen molar-refractivity contribution >= 4 is 44.8 Å². The highest BCUT2D eigenvalue weighted by molar-refractivity contribution is 7.89. The average molecular weight is 533 g/mol. The molecule has 1 saturated heterocycles. The standard InChI is InChI=1S/C24H25ClN4O6S/c25-20-8-7-17(14-22(20)36(32,33)29-9-12-34-13-10-29)28-23(30)16-26-21-6-2-1-5-19(21)24(31)27-15-18-4-3-11-35-18/h1-8,11,14,26H,9-10,12-13,15-16H2,(H,27,31)(H,28,30). The number of para-hydroxylation sites is 1. The van der Waals surface area contributed by atoms with E-state index >= 15 is 0 Å². The zero-order valence-corrected chi connectivity index (χ0v) is 20.8. The summed E-state index contributed by atoms with van der Waals surface area (Å²) in [6.45, 7) is 1.15. The van der Waals surface area contributed by atoms with Gasteiger partial charge < -0.3 is 25.1 Å². The third-order valence-corrected chi connectivity index (χ3v) is 7.80. The van der Waals surface area contributed by atoms with Crippen LogP contribution in [0.3, 0.4) is 0 Å². The molecule has 0 spiro atoms. The number of hydrogen-bond donors (Lipinski definition) is 3. The van der Waals surface area contributed by atoms with E-state index in [0.29, 0.717) is 30.2 Å². The Balaban J connectivity index is 1.39. The van der Waals surface area contributed by atoms with E-state index in [9.17, 15) is 18.0 Å². The van der Waals surface area contributed by atoms with E-state index in [1.807, 2.05) is 0 Å². The first kappa shape index (κ1) is 25.7. The van der Waals surface area contributed by atoms with Gasteiger partial charge in [-0.05, 0) is 42.5 Å². The normalized spacial score (nSPS) is 14.2. The molecule has 2 amide bonds. The summed E-state index contributed by atoms with van der Waals surface area (Å²) in [6, 6.07) is 14.6. The third-order valence-electron chi connectivity index (χ3n) is 5.42. The summed E-state index contributed by atoms with van der Waals surface area (Å²) in [7, 11) is -3.84. The van der Waals surface area contributed by atoms with Crippen molar-refractivity contribution in [2.24, 2.45) is 0 Å². The summed E-state index contributed by atoms with van der Waals surface area (Å²) in [6.07, 6.45) is 1.53. The molecular formula is C24H25ClN4O6S. The lowest BCUT2D eigenvalue weighted by atomic mass is 10.1. The van der Waals surface area contributed by atoms with Gasteiger partial charge in [-0.1, -0.05) is 23.7 Å². The number of carbonyl (C=O) groups excluding carboxylic acids is 2. The van der Waals surface area contributed by atoms with Crippen LogP contribution in [-0.4, -0.2) is 57.4 Å². The third kappa shape index (κ3) is 6.24. The first-order valence-corrected chi connectivity index (χ1v) is 13.0. The number of morpholine rings is 1. The molecule has 4 rings (SSSR count). The fraction of sp³-hybridized carbons (Fsp3) is 0.250. The van der Waals surface area contributed by atoms with Gasteiger partial charge in [-0.25, -0.2) is 8.42 Å². The van der Waals surface area contributed by atoms with Gasteiger partial charge in [0, 0.05) is 24.5 Å². The molecule has 1 aliphatic heterocycles. The van der Waals surface area contributed by atoms with Crippen LogP contribution in [0.4, 0.5) is 11.4 Å². The lowest BCUT2D eigenvalue weighted by molar-refractivity contribution is -0.114. The molecule has 2 aromatic carbocycles. The van der Waals surface area contributed by atoms with Crippen LogP contribution >= 0.6 is 11.6 Å². The number of nitrogens with one attached hydrogen (secondary N) is 3. The van der Waals surface area contributed by atoms with Crippen LogP contribution in [-0.2, 0) is 26.1 Å². The Kier molecular flexibility index (Phi) is 8.26. The summed E-state index contributed by atoms with van der Waals surface area (Å²) in [5.74, 6) is -0.144. The highest BCUT2D eigenvalue weighted by Gasteiger charge is 2.28. The van der Waals surface area contributed by atoms with Crippen LogP contribution in [0.15, 0.2) is 70.2 Å². The monoisotopic (exact) mass is 532 g/mol. The predicted molar refractivity (Wildman–Crippen MR) is 134 cm³/mol. The number of hydrogen-bond acceptors (Lipinski definition) is 7. The van der Waals surface area contributed by atoms with Crippen molar-refractivity contribution in [1.82, 2.24) is 9.62 Å². The quantitative estimate of drug-likeness (QED) is 0.386. The van der Waals surface area contributed by atoms with E-state index in [-0.39, 0.29) is 47.7 Å². The lowest BCUT2D eigenvalue weighted by Crippen LogP contribution is -2.40. The number of nitrogens with zero attached hydrogens (tertiary/aromatic N) is 1. The molecule has 0 bridgehead atoms. The second kappa shape index (κ2) is 11.6. The molecule has 0 radical (unpaired) electrons. The molecule has 1 aliphatic rings. The van der Waals surface area contributed by atoms with Crippen molar-refractivity contribution in [2.45, 2.75) is 11.4 Å². The Hall–Kier alpha value is -3.38. The van der Waals surface area contributed by atoms with E-state index in [4.69, 9.17) is 20.8 Å². The minimum absolute atomic E-state index is 0.0621. The summed E-state index contributed by atoms with van der Waals surface area (Å²) in [4.78, 5) is 25.1. The number of sulfonamides is 1. The smallest absolute Gasteiger partial charge is 0.253 e. The van der Waals surface area contributed by atoms with Crippen LogP contribution in [0.5, 0.6) is 0 Å². The van der Waals surface area contributed by atoms with Crippen molar-refractivity contribution in [2.75, 3.05) is 43.5 Å². The van der Waals surface area contributed by atoms with E-state index in [0.717, 1.165) is 0 Å². The minimum Gasteiger partial charge on any atom is -0.467 e. The highest BCUT2D eigenvalue weighted by atomic mass is 35.5. The number of carbonyl (C=O) groups is 2. The number of halogens is 1. The van der Waals surface area contributed by atoms with Crippen molar-refractivity contribution in [3.63, 3.8) is 0 Å². The van der Waals surface area contributed by atoms with Crippen LogP contribution in [0.2, 0.25) is 5.02 Å². The molecule has 0 atom stereocenters. The first-order valence-electron chi connectivity index (χ1n) is 11.2. The average Bonchev–Trinajstić information content (AvgIpc) is 3.41. The second-order valence-corrected chi connectivity index (χ2v) is 10.2. The van der Waals surface area contributed by atoms with Crippen LogP contribution in [0, 0.1) is 0 Å². The Morgan fingerprint density at radius 3 is 2.56 bits per heavy atom. The molecule has 190 valence electrons. The van der Waals surface area contributed by atoms with Crippen LogP contribution in [0.1, 0.15) is 16.1 Å². The topological polar surface area (TPSA) is 130 Å². The maximum absolute atomic E-state index is 13.0. The van der Waals surface area contributed by atoms with E-state index < -0.39 is 15.9 Å². The first-order chi connectivity index (χ1) is 17.3. The highest BCUT2D eigenvalue weighted by Crippen LogP contribution is 2.28. The molecule has 1 fully saturated rings. The van der Waals surface area contributed by atoms with Gasteiger partial charge in [0.15, 0.2) is 0 Å². The molecule has 36 heavy (non-hydrogen) atoms. The van der Waals surface area contributed by atoms with Gasteiger partial charge in [0.2, 0.25) is 15.9 Å². The Bertz CT molecular complexity index is 1320. The van der Waals surface area contributed by atoms with Crippen LogP contribution < -0.4 is 16.0 Å². The fourth-order valence-corrected chi connectivity index (χ4v) is 5.50. The van der Waals surface area contributed by atoms with E-state index in [2.05, 4.69) is 16.0 Å². The largest absolute Gasteiger partial charge is 0.467 e. The summed E-state index contributed by atoms with van der Waals surface area (Å²) >= 11 is 6.18. The fourth-order valence-electron chi connectivity index (χ4n) is 3.60. The molecule has 12 heteroatoms. The Labute approximate surface area is 213 Å². The Morgan fingerprint density at radius 2 is 1.81 bits per heavy atom. The SMILES string of the molecule is O=C(CNc1ccccc1C(=O)NCc1ccco1)Nc1ccc(Cl)c(S(=O)(=O)N2CCOCC2)c1. The summed E-state index contributed by atoms with van der Waals surface area (Å²) < 4.78 is 37.8. The minimum atomic E-state index is -3.84. The van der Waals surface area contributed by atoms with Gasteiger partial charge in [-0.3, -0.25) is 9.59 Å². The molecule has 3 aromatic rings. The predicted octanol–water partition coefficient (Wildman–Crippen LogP) is 2.93. The molecular weight excluding hydrogens is 508 g/mol. The van der Waals surface area contributed by atoms with Crippen LogP contribution in [0.25, 0.3) is 0 Å². The zero-order valence-electron chi connectivity index (χ0n) is 19.2. The van der Waals surface area contributed by atoms with Crippen molar-refractivity contribution in [3.8, 4) is 0 Å². The van der Waals surface area contributed by atoms with Gasteiger partial charge in [0.1, 0.15) is 10.7 Å². The lowest BCUT2D eigenvalue weighted by Gasteiger charge is -2.26. The molecule has 0 aliphatic carbocycles. The van der Waals surface area contributed by atoms with Crippen molar-refractivity contribution in [3.05, 3.63) is 77.2 Å². The van der Waals surface area contributed by atoms with Gasteiger partial charge >= 0.3 is 0 Å². The van der Waals surface area contributed by atoms with E-state index in [1.165, 1.54) is 28.8 Å². The summed E-state index contributed by atoms with van der Waals surface area (Å²) in [5, 5.41) is 8.45. The Morgan fingerprint density at radius 1 is 1.03 bits per heavy atom. The molecule has 0 unspecified atom stereocenters. The molecule has 3 N–H and O–H groups in total. The van der Waals surface area contributed by atoms with Crippen molar-refractivity contribution < 1.29 is 27.2 Å². The number of anilines is 2. The van der Waals surface area contributed by atoms with Gasteiger partial charge in [-0.15, -0.1) is 0 Å². The molecule has 2 heterocycles. The maximum atomic E-state index is 13.0. The second-order valence-electron chi connectivity index (χ2n) is 7.87. The maximum Gasteiger partial charge on any atom is 0.253 e. The number of benzene rings is 2. The van der Waals surface area contributed by atoms with Gasteiger partial charge in [0.05, 0.1) is 43.2 Å². The molecule has 10 nitrogen and oxygen atoms in total. The van der Waals surface area contributed by atoms with E-state index in [1.54, 1.807) is 36.4 Å². The number of amides is 2. The zero-order chi connectivity index (χ0) is 25.5. The van der Waals surface area contributed by atoms with Crippen molar-refractivity contribution in [1.29, 1.82) is 0 Å². The number of rotatable bonds is 9. The summed E-state index contributed by atoms with van der Waals surface area (Å²) in [5.41, 5.74) is 1.11. The van der Waals surface area contributed by atoms with Gasteiger partial charge in [0.25, 0.3) is 5.91 Å². The molecule has 0 saturated carbocycles. The van der Waals surface area contributed by atoms with Gasteiger partial charge in [-0.2, -0.15) is 4.31 Å². The molecule has 1 aromatic heterocycles. The number of ether oxygens (including phenoxy) is 1.